The molecule has 0 aliphatic carbocycles. The molecule has 230 valence electrons. The molecule has 6 heterocycles. The molecule has 2 amide bonds. The lowest BCUT2D eigenvalue weighted by atomic mass is 9.98. The lowest BCUT2D eigenvalue weighted by molar-refractivity contribution is -0.0384. The first-order valence-corrected chi connectivity index (χ1v) is 15.0. The quantitative estimate of drug-likeness (QED) is 0.302. The van der Waals surface area contributed by atoms with Crippen LogP contribution in [0.3, 0.4) is 0 Å². The summed E-state index contributed by atoms with van der Waals surface area (Å²) >= 11 is 0. The predicted octanol–water partition coefficient (Wildman–Crippen LogP) is 5.46. The number of pyridine rings is 2. The van der Waals surface area contributed by atoms with Crippen molar-refractivity contribution in [3.8, 4) is 22.9 Å². The Kier molecular flexibility index (Phi) is 8.38. The van der Waals surface area contributed by atoms with E-state index in [1.165, 1.54) is 6.20 Å². The van der Waals surface area contributed by atoms with Gasteiger partial charge in [-0.15, -0.1) is 0 Å². The van der Waals surface area contributed by atoms with Crippen LogP contribution >= 0.6 is 0 Å². The van der Waals surface area contributed by atoms with Gasteiger partial charge in [0.15, 0.2) is 6.23 Å². The van der Waals surface area contributed by atoms with Crippen molar-refractivity contribution in [1.82, 2.24) is 34.8 Å². The summed E-state index contributed by atoms with van der Waals surface area (Å²) < 4.78 is 18.8. The summed E-state index contributed by atoms with van der Waals surface area (Å²) in [6.45, 7) is 7.32. The van der Waals surface area contributed by atoms with E-state index in [-0.39, 0.29) is 29.8 Å². The van der Waals surface area contributed by atoms with Crippen molar-refractivity contribution in [2.24, 2.45) is 0 Å². The predicted molar refractivity (Wildman–Crippen MR) is 160 cm³/mol. The van der Waals surface area contributed by atoms with Gasteiger partial charge in [0.2, 0.25) is 11.7 Å². The maximum absolute atomic E-state index is 13.1. The largest absolute Gasteiger partial charge is 0.444 e. The fourth-order valence-electron chi connectivity index (χ4n) is 5.34. The van der Waals surface area contributed by atoms with Crippen LogP contribution in [0.2, 0.25) is 0 Å². The molecule has 2 fully saturated rings. The number of likely N-dealkylation sites (tertiary alicyclic amines) is 1. The van der Waals surface area contributed by atoms with E-state index in [0.717, 1.165) is 37.8 Å². The number of carbonyl (C=O) groups excluding carboxylic acids is 2. The van der Waals surface area contributed by atoms with Gasteiger partial charge in [0.1, 0.15) is 17.0 Å². The van der Waals surface area contributed by atoms with Crippen molar-refractivity contribution in [3.05, 3.63) is 60.4 Å². The molecule has 4 aromatic rings. The summed E-state index contributed by atoms with van der Waals surface area (Å²) in [7, 11) is 0. The molecule has 1 unspecified atom stereocenters. The van der Waals surface area contributed by atoms with E-state index in [2.05, 4.69) is 30.5 Å². The average molecular weight is 601 g/mol. The minimum atomic E-state index is -0.561. The molecule has 0 spiro atoms. The molecular weight excluding hydrogens is 564 g/mol. The zero-order chi connectivity index (χ0) is 30.7. The van der Waals surface area contributed by atoms with Gasteiger partial charge in [0.05, 0.1) is 29.2 Å². The number of aromatic nitrogens is 6. The second kappa shape index (κ2) is 12.5. The minimum absolute atomic E-state index is 0.0897. The van der Waals surface area contributed by atoms with E-state index >= 15 is 0 Å². The fraction of sp³-hybridized carbons (Fsp3) is 0.452. The number of ether oxygens (including phenoxy) is 2. The number of nitrogens with one attached hydrogen (secondary N) is 1. The molecule has 4 aromatic heterocycles. The van der Waals surface area contributed by atoms with Crippen molar-refractivity contribution >= 4 is 17.7 Å². The molecule has 6 rings (SSSR count). The molecule has 2 atom stereocenters. The van der Waals surface area contributed by atoms with E-state index in [1.54, 1.807) is 35.4 Å². The van der Waals surface area contributed by atoms with Crippen LogP contribution in [0, 0.1) is 0 Å². The normalized spacial score (nSPS) is 19.0. The summed E-state index contributed by atoms with van der Waals surface area (Å²) in [6.07, 6.45) is 7.42. The highest BCUT2D eigenvalue weighted by molar-refractivity contribution is 6.03. The Morgan fingerprint density at radius 1 is 1.02 bits per heavy atom. The highest BCUT2D eigenvalue weighted by Gasteiger charge is 2.31. The van der Waals surface area contributed by atoms with Crippen LogP contribution in [0.5, 0.6) is 0 Å². The molecule has 1 N–H and O–H groups in total. The van der Waals surface area contributed by atoms with Crippen LogP contribution < -0.4 is 5.32 Å². The minimum Gasteiger partial charge on any atom is -0.444 e. The third kappa shape index (κ3) is 6.77. The van der Waals surface area contributed by atoms with Crippen LogP contribution in [0.4, 0.5) is 10.5 Å². The zero-order valence-electron chi connectivity index (χ0n) is 25.1. The van der Waals surface area contributed by atoms with Gasteiger partial charge in [-0.1, -0.05) is 11.2 Å². The lowest BCUT2D eigenvalue weighted by Crippen LogP contribution is -2.42. The molecule has 0 saturated carbocycles. The summed E-state index contributed by atoms with van der Waals surface area (Å²) in [4.78, 5) is 40.9. The Bertz CT molecular complexity index is 1600. The molecule has 2 saturated heterocycles. The Hall–Kier alpha value is -4.65. The van der Waals surface area contributed by atoms with E-state index in [4.69, 9.17) is 14.0 Å². The van der Waals surface area contributed by atoms with Gasteiger partial charge in [-0.05, 0) is 83.2 Å². The van der Waals surface area contributed by atoms with Crippen LogP contribution in [0.15, 0.2) is 53.3 Å². The lowest BCUT2D eigenvalue weighted by Gasteiger charge is -2.32. The molecule has 13 heteroatoms. The third-order valence-electron chi connectivity index (χ3n) is 7.46. The number of carbonyl (C=O) groups is 2. The van der Waals surface area contributed by atoms with E-state index in [1.807, 2.05) is 37.6 Å². The highest BCUT2D eigenvalue weighted by Crippen LogP contribution is 2.29. The van der Waals surface area contributed by atoms with Crippen molar-refractivity contribution in [2.45, 2.75) is 70.6 Å². The summed E-state index contributed by atoms with van der Waals surface area (Å²) in [5.74, 6) is 0.332. The van der Waals surface area contributed by atoms with Crippen molar-refractivity contribution in [1.29, 1.82) is 0 Å². The standard InChI is InChI=1S/C31H36N8O5/c1-31(2,3)43-30(41)38-16-7-8-20(19-38)29-36-27(37-44-29)23-13-12-21(18-32-23)34-28(40)24-10-6-9-22(35-24)25-14-15-33-39(25)26-11-4-5-17-42-26/h6,9-10,12-15,18,20,26H,4-5,7-8,11,16-17,19H2,1-3H3,(H,34,40)/t20-,26?/m0/s1. The Balaban J connectivity index is 1.09. The maximum atomic E-state index is 13.1. The van der Waals surface area contributed by atoms with Gasteiger partial charge < -0.3 is 24.2 Å². The average Bonchev–Trinajstić information content (AvgIpc) is 3.72. The van der Waals surface area contributed by atoms with Gasteiger partial charge >= 0.3 is 6.09 Å². The Morgan fingerprint density at radius 2 is 1.91 bits per heavy atom. The van der Waals surface area contributed by atoms with Crippen molar-refractivity contribution < 1.29 is 23.6 Å². The van der Waals surface area contributed by atoms with Gasteiger partial charge in [-0.2, -0.15) is 10.1 Å². The Morgan fingerprint density at radius 3 is 2.68 bits per heavy atom. The number of rotatable bonds is 6. The number of piperidine rings is 1. The molecule has 0 aromatic carbocycles. The summed E-state index contributed by atoms with van der Waals surface area (Å²) in [6, 6.07) is 10.6. The summed E-state index contributed by atoms with van der Waals surface area (Å²) in [5.41, 5.74) is 2.13. The second-order valence-electron chi connectivity index (χ2n) is 12.0. The molecule has 0 radical (unpaired) electrons. The molecule has 2 aliphatic rings. The van der Waals surface area contributed by atoms with Gasteiger partial charge in [0, 0.05) is 25.9 Å². The first-order valence-electron chi connectivity index (χ1n) is 15.0. The first kappa shape index (κ1) is 29.4. The van der Waals surface area contributed by atoms with Gasteiger partial charge in [-0.25, -0.2) is 14.5 Å². The smallest absolute Gasteiger partial charge is 0.410 e. The topological polar surface area (TPSA) is 150 Å². The third-order valence-corrected chi connectivity index (χ3v) is 7.46. The van der Waals surface area contributed by atoms with Crippen molar-refractivity contribution in [2.75, 3.05) is 25.0 Å². The van der Waals surface area contributed by atoms with Crippen LogP contribution in [-0.4, -0.2) is 72.1 Å². The van der Waals surface area contributed by atoms with E-state index in [0.29, 0.717) is 48.5 Å². The highest BCUT2D eigenvalue weighted by atomic mass is 16.6. The van der Waals surface area contributed by atoms with Gasteiger partial charge in [-0.3, -0.25) is 9.78 Å². The molecular formula is C31H36N8O5. The van der Waals surface area contributed by atoms with Crippen LogP contribution in [0.25, 0.3) is 22.9 Å². The van der Waals surface area contributed by atoms with E-state index in [9.17, 15) is 9.59 Å². The van der Waals surface area contributed by atoms with Gasteiger partial charge in [0.25, 0.3) is 5.91 Å². The number of hydrogen-bond acceptors (Lipinski definition) is 10. The van der Waals surface area contributed by atoms with Crippen LogP contribution in [0.1, 0.15) is 81.4 Å². The molecule has 44 heavy (non-hydrogen) atoms. The molecule has 13 nitrogen and oxygen atoms in total. The first-order chi connectivity index (χ1) is 21.2. The van der Waals surface area contributed by atoms with Crippen molar-refractivity contribution in [3.63, 3.8) is 0 Å². The number of hydrogen-bond donors (Lipinski definition) is 1. The Labute approximate surface area is 255 Å². The maximum Gasteiger partial charge on any atom is 0.410 e. The van der Waals surface area contributed by atoms with E-state index < -0.39 is 5.60 Å². The fourth-order valence-corrected chi connectivity index (χ4v) is 5.34. The number of anilines is 1. The second-order valence-corrected chi connectivity index (χ2v) is 12.0. The van der Waals surface area contributed by atoms with Crippen LogP contribution in [-0.2, 0) is 9.47 Å². The number of nitrogens with zero attached hydrogens (tertiary/aromatic N) is 7. The molecule has 0 bridgehead atoms. The molecule has 2 aliphatic heterocycles. The SMILES string of the molecule is CC(C)(C)OC(=O)N1CCC[C@H](c2nc(-c3ccc(NC(=O)c4cccc(-c5ccnn5C5CCCCO5)n4)cn3)no2)C1. The summed E-state index contributed by atoms with van der Waals surface area (Å²) in [5, 5.41) is 11.4. The zero-order valence-corrected chi connectivity index (χ0v) is 25.1. The monoisotopic (exact) mass is 600 g/mol. The number of amides is 2.